The fourth-order valence-electron chi connectivity index (χ4n) is 3.59. The molecule has 0 amide bonds. The number of Topliss-reactive ketones (excluding diaryl/α,β-unsaturated/α-hetero) is 1. The van der Waals surface area contributed by atoms with E-state index in [1.807, 2.05) is 37.3 Å². The van der Waals surface area contributed by atoms with Gasteiger partial charge in [-0.2, -0.15) is 0 Å². The molecule has 1 aliphatic carbocycles. The van der Waals surface area contributed by atoms with Crippen LogP contribution < -0.4 is 0 Å². The summed E-state index contributed by atoms with van der Waals surface area (Å²) in [4.78, 5) is 24.2. The molecule has 1 aliphatic rings. The molecule has 2 rings (SSSR count). The summed E-state index contributed by atoms with van der Waals surface area (Å²) in [5.41, 5.74) is -0.0481. The van der Waals surface area contributed by atoms with Crippen LogP contribution in [0.2, 0.25) is 0 Å². The van der Waals surface area contributed by atoms with Crippen molar-refractivity contribution in [2.24, 2.45) is 5.41 Å². The number of rotatable bonds is 6. The van der Waals surface area contributed by atoms with Gasteiger partial charge in [-0.05, 0) is 19.3 Å². The summed E-state index contributed by atoms with van der Waals surface area (Å²) >= 11 is 0. The smallest absolute Gasteiger partial charge is 0.450 e. The van der Waals surface area contributed by atoms with Crippen molar-refractivity contribution in [2.75, 3.05) is 0 Å². The van der Waals surface area contributed by atoms with Crippen LogP contribution in [-0.4, -0.2) is 23.1 Å². The van der Waals surface area contributed by atoms with Crippen LogP contribution in [0.3, 0.4) is 0 Å². The first-order chi connectivity index (χ1) is 10.6. The molecule has 4 nitrogen and oxygen atoms in total. The Kier molecular flexibility index (Phi) is 5.58. The Bertz CT molecular complexity index is 503. The topological polar surface area (TPSA) is 63.6 Å². The third kappa shape index (κ3) is 3.49. The van der Waals surface area contributed by atoms with E-state index in [-0.39, 0.29) is 5.78 Å². The zero-order chi connectivity index (χ0) is 16.0. The maximum atomic E-state index is 13.1. The van der Waals surface area contributed by atoms with E-state index in [9.17, 15) is 9.59 Å². The summed E-state index contributed by atoms with van der Waals surface area (Å²) in [5, 5.41) is 9.07. The van der Waals surface area contributed by atoms with Crippen molar-refractivity contribution in [3.63, 3.8) is 0 Å². The highest BCUT2D eigenvalue weighted by Crippen LogP contribution is 2.44. The number of ether oxygens (including phenoxy) is 1. The zero-order valence-electron chi connectivity index (χ0n) is 13.1. The number of hydrogen-bond acceptors (Lipinski definition) is 3. The van der Waals surface area contributed by atoms with Crippen LogP contribution >= 0.6 is 0 Å². The van der Waals surface area contributed by atoms with Crippen molar-refractivity contribution in [1.82, 2.24) is 0 Å². The fourth-order valence-corrected chi connectivity index (χ4v) is 3.59. The summed E-state index contributed by atoms with van der Waals surface area (Å²) in [6, 6.07) is 9.18. The average Bonchev–Trinajstić information content (AvgIpc) is 2.55. The maximum absolute atomic E-state index is 13.1. The average molecular weight is 304 g/mol. The molecule has 120 valence electrons. The molecule has 0 spiro atoms. The lowest BCUT2D eigenvalue weighted by atomic mass is 9.65. The number of ketones is 1. The minimum Gasteiger partial charge on any atom is -0.450 e. The van der Waals surface area contributed by atoms with Crippen molar-refractivity contribution in [2.45, 2.75) is 58.0 Å². The lowest BCUT2D eigenvalue weighted by Gasteiger charge is -2.41. The van der Waals surface area contributed by atoms with Crippen LogP contribution in [0.1, 0.15) is 62.2 Å². The zero-order valence-corrected chi connectivity index (χ0v) is 13.1. The van der Waals surface area contributed by atoms with E-state index in [1.54, 1.807) is 0 Å². The molecule has 22 heavy (non-hydrogen) atoms. The molecule has 1 saturated carbocycles. The summed E-state index contributed by atoms with van der Waals surface area (Å²) in [6.07, 6.45) is 3.94. The first kappa shape index (κ1) is 16.5. The van der Waals surface area contributed by atoms with Crippen molar-refractivity contribution >= 4 is 11.9 Å². The number of benzene rings is 1. The summed E-state index contributed by atoms with van der Waals surface area (Å²) in [6.45, 7) is 1.99. The largest absolute Gasteiger partial charge is 0.506 e. The van der Waals surface area contributed by atoms with Gasteiger partial charge in [-0.3, -0.25) is 4.79 Å². The second kappa shape index (κ2) is 7.43. The third-order valence-electron chi connectivity index (χ3n) is 4.64. The van der Waals surface area contributed by atoms with Crippen molar-refractivity contribution in [3.05, 3.63) is 35.9 Å². The minimum atomic E-state index is -1.29. The van der Waals surface area contributed by atoms with E-state index in [4.69, 9.17) is 9.84 Å². The second-order valence-corrected chi connectivity index (χ2v) is 6.07. The molecule has 0 aliphatic heterocycles. The first-order valence-corrected chi connectivity index (χ1v) is 8.09. The Morgan fingerprint density at radius 3 is 2.36 bits per heavy atom. The molecule has 0 radical (unpaired) electrons. The standard InChI is InChI=1S/C18H24O4/c1-2-9-15(22-17(20)21)18(12-7-4-8-13-18)16(19)14-10-5-3-6-11-14/h3,5-6,10-11,15H,2,4,7-9,12-13H2,1H3,(H,20,21). The maximum Gasteiger partial charge on any atom is 0.506 e. The molecule has 0 heterocycles. The predicted molar refractivity (Wildman–Crippen MR) is 84.1 cm³/mol. The van der Waals surface area contributed by atoms with Crippen LogP contribution in [0, 0.1) is 5.41 Å². The van der Waals surface area contributed by atoms with Gasteiger partial charge in [-0.25, -0.2) is 4.79 Å². The highest BCUT2D eigenvalue weighted by atomic mass is 16.7. The van der Waals surface area contributed by atoms with Gasteiger partial charge in [0.05, 0.1) is 5.41 Å². The molecule has 0 saturated heterocycles. The van der Waals surface area contributed by atoms with E-state index in [1.165, 1.54) is 0 Å². The Balaban J connectivity index is 2.37. The van der Waals surface area contributed by atoms with E-state index in [0.717, 1.165) is 25.7 Å². The Labute approximate surface area is 131 Å². The van der Waals surface area contributed by atoms with E-state index in [2.05, 4.69) is 0 Å². The van der Waals surface area contributed by atoms with Gasteiger partial charge in [0.2, 0.25) is 0 Å². The molecule has 1 N–H and O–H groups in total. The molecule has 1 fully saturated rings. The molecule has 0 aromatic heterocycles. The van der Waals surface area contributed by atoms with Gasteiger partial charge in [0.25, 0.3) is 0 Å². The molecule has 0 bridgehead atoms. The lowest BCUT2D eigenvalue weighted by Crippen LogP contribution is -2.46. The van der Waals surface area contributed by atoms with Crippen LogP contribution in [0.5, 0.6) is 0 Å². The van der Waals surface area contributed by atoms with Gasteiger partial charge in [-0.1, -0.05) is 62.9 Å². The van der Waals surface area contributed by atoms with E-state index in [0.29, 0.717) is 24.8 Å². The lowest BCUT2D eigenvalue weighted by molar-refractivity contribution is -0.0286. The monoisotopic (exact) mass is 304 g/mol. The number of carboxylic acid groups (broad SMARTS) is 1. The van der Waals surface area contributed by atoms with Gasteiger partial charge >= 0.3 is 6.16 Å². The Hall–Kier alpha value is -1.84. The highest BCUT2D eigenvalue weighted by molar-refractivity contribution is 6.01. The van der Waals surface area contributed by atoms with Gasteiger partial charge in [0, 0.05) is 5.56 Å². The van der Waals surface area contributed by atoms with Gasteiger partial charge in [0.1, 0.15) is 6.10 Å². The summed E-state index contributed by atoms with van der Waals surface area (Å²) < 4.78 is 5.17. The molecule has 1 aromatic rings. The Morgan fingerprint density at radius 1 is 1.18 bits per heavy atom. The van der Waals surface area contributed by atoms with Crippen molar-refractivity contribution in [1.29, 1.82) is 0 Å². The normalized spacial score (nSPS) is 18.4. The molecular weight excluding hydrogens is 280 g/mol. The molecule has 1 atom stereocenters. The fraction of sp³-hybridized carbons (Fsp3) is 0.556. The number of hydrogen-bond donors (Lipinski definition) is 1. The van der Waals surface area contributed by atoms with Crippen LogP contribution in [-0.2, 0) is 4.74 Å². The van der Waals surface area contributed by atoms with Crippen LogP contribution in [0.15, 0.2) is 30.3 Å². The molecule has 1 aromatic carbocycles. The van der Waals surface area contributed by atoms with Gasteiger partial charge in [0.15, 0.2) is 5.78 Å². The molecular formula is C18H24O4. The van der Waals surface area contributed by atoms with Gasteiger partial charge < -0.3 is 9.84 Å². The highest BCUT2D eigenvalue weighted by Gasteiger charge is 2.48. The summed E-state index contributed by atoms with van der Waals surface area (Å²) in [7, 11) is 0. The van der Waals surface area contributed by atoms with Gasteiger partial charge in [-0.15, -0.1) is 0 Å². The number of carbonyl (C=O) groups excluding carboxylic acids is 1. The molecule has 1 unspecified atom stereocenters. The van der Waals surface area contributed by atoms with Crippen molar-refractivity contribution < 1.29 is 19.4 Å². The SMILES string of the molecule is CCCC(OC(=O)O)C1(C(=O)c2ccccc2)CCCCC1. The predicted octanol–water partition coefficient (Wildman–Crippen LogP) is 4.68. The minimum absolute atomic E-state index is 0.0347. The van der Waals surface area contributed by atoms with Crippen LogP contribution in [0.4, 0.5) is 4.79 Å². The molecule has 4 heteroatoms. The van der Waals surface area contributed by atoms with E-state index >= 15 is 0 Å². The van der Waals surface area contributed by atoms with Crippen molar-refractivity contribution in [3.8, 4) is 0 Å². The number of carbonyl (C=O) groups is 2. The third-order valence-corrected chi connectivity index (χ3v) is 4.64. The Morgan fingerprint density at radius 2 is 1.82 bits per heavy atom. The quantitative estimate of drug-likeness (QED) is 0.612. The van der Waals surface area contributed by atoms with Crippen LogP contribution in [0.25, 0.3) is 0 Å². The van der Waals surface area contributed by atoms with E-state index < -0.39 is 17.7 Å². The summed E-state index contributed by atoms with van der Waals surface area (Å²) in [5.74, 6) is 0.0347. The second-order valence-electron chi connectivity index (χ2n) is 6.07. The first-order valence-electron chi connectivity index (χ1n) is 8.09.